The van der Waals surface area contributed by atoms with E-state index in [1.165, 1.54) is 18.2 Å². The number of rotatable bonds is 4. The lowest BCUT2D eigenvalue weighted by Gasteiger charge is -2.22. The van der Waals surface area contributed by atoms with Crippen LogP contribution in [0.15, 0.2) is 11.5 Å². The van der Waals surface area contributed by atoms with Crippen LogP contribution in [-0.2, 0) is 14.6 Å². The topological polar surface area (TPSA) is 75.3 Å². The van der Waals surface area contributed by atoms with Crippen molar-refractivity contribution < 1.29 is 13.2 Å². The van der Waals surface area contributed by atoms with Gasteiger partial charge in [-0.05, 0) is 44.3 Å². The van der Waals surface area contributed by atoms with E-state index in [1.54, 1.807) is 6.08 Å². The number of hydrogen-bond donors (Lipinski definition) is 2. The summed E-state index contributed by atoms with van der Waals surface area (Å²) in [6.07, 6.45) is 5.27. The molecule has 18 heavy (non-hydrogen) atoms. The summed E-state index contributed by atoms with van der Waals surface area (Å²) in [5.41, 5.74) is 0. The fourth-order valence-electron chi connectivity index (χ4n) is 2.45. The molecule has 0 aromatic heterocycles. The van der Waals surface area contributed by atoms with Crippen molar-refractivity contribution in [2.24, 2.45) is 5.92 Å². The van der Waals surface area contributed by atoms with Crippen molar-refractivity contribution >= 4 is 15.7 Å². The van der Waals surface area contributed by atoms with Crippen molar-refractivity contribution in [1.29, 1.82) is 0 Å². The summed E-state index contributed by atoms with van der Waals surface area (Å²) < 4.78 is 22.4. The number of carbonyl (C=O) groups is 1. The van der Waals surface area contributed by atoms with Gasteiger partial charge in [0, 0.05) is 11.8 Å². The normalized spacial score (nSPS) is 30.2. The van der Waals surface area contributed by atoms with Crippen LogP contribution in [0, 0.1) is 5.92 Å². The molecule has 1 fully saturated rings. The lowest BCUT2D eigenvalue weighted by atomic mass is 9.94. The maximum atomic E-state index is 11.7. The highest BCUT2D eigenvalue weighted by Gasteiger charge is 2.23. The van der Waals surface area contributed by atoms with Gasteiger partial charge in [-0.2, -0.15) is 0 Å². The van der Waals surface area contributed by atoms with E-state index in [9.17, 15) is 13.2 Å². The van der Waals surface area contributed by atoms with E-state index >= 15 is 0 Å². The van der Waals surface area contributed by atoms with Gasteiger partial charge in [0.25, 0.3) is 0 Å². The summed E-state index contributed by atoms with van der Waals surface area (Å²) >= 11 is 0. The molecule has 5 nitrogen and oxygen atoms in total. The largest absolute Gasteiger partial charge is 0.349 e. The summed E-state index contributed by atoms with van der Waals surface area (Å²) in [7, 11) is -3.08. The Morgan fingerprint density at radius 2 is 2.28 bits per heavy atom. The highest BCUT2D eigenvalue weighted by Crippen LogP contribution is 2.16. The Kier molecular flexibility index (Phi) is 4.40. The molecule has 0 radical (unpaired) electrons. The fourth-order valence-corrected chi connectivity index (χ4v) is 3.69. The van der Waals surface area contributed by atoms with Crippen molar-refractivity contribution in [3.63, 3.8) is 0 Å². The highest BCUT2D eigenvalue weighted by atomic mass is 32.2. The van der Waals surface area contributed by atoms with Crippen molar-refractivity contribution in [3.05, 3.63) is 11.5 Å². The summed E-state index contributed by atoms with van der Waals surface area (Å²) in [4.78, 5) is 11.7. The average molecular weight is 272 g/mol. The molecule has 2 atom stereocenters. The zero-order chi connectivity index (χ0) is 13.0. The lowest BCUT2D eigenvalue weighted by Crippen LogP contribution is -2.36. The number of sulfone groups is 1. The Labute approximate surface area is 108 Å². The molecule has 0 saturated carbocycles. The molecule has 0 aromatic carbocycles. The SMILES string of the molecule is O=C(CCC1CCCNC1)NC1C=CS(=O)(=O)C1. The quantitative estimate of drug-likeness (QED) is 0.766. The molecule has 0 bridgehead atoms. The van der Waals surface area contributed by atoms with Crippen LogP contribution < -0.4 is 10.6 Å². The molecule has 0 spiro atoms. The first-order valence-corrected chi connectivity index (χ1v) is 8.18. The van der Waals surface area contributed by atoms with Gasteiger partial charge in [-0.25, -0.2) is 8.42 Å². The summed E-state index contributed by atoms with van der Waals surface area (Å²) in [5, 5.41) is 7.25. The minimum Gasteiger partial charge on any atom is -0.349 e. The van der Waals surface area contributed by atoms with Gasteiger partial charge in [0.15, 0.2) is 9.84 Å². The predicted molar refractivity (Wildman–Crippen MR) is 69.7 cm³/mol. The van der Waals surface area contributed by atoms with Crippen LogP contribution in [0.4, 0.5) is 0 Å². The fraction of sp³-hybridized carbons (Fsp3) is 0.750. The molecule has 2 unspecified atom stereocenters. The standard InChI is InChI=1S/C12H20N2O3S/c15-12(4-3-10-2-1-6-13-8-10)14-11-5-7-18(16,17)9-11/h5,7,10-11,13H,1-4,6,8-9H2,(H,14,15). The average Bonchev–Trinajstić information content (AvgIpc) is 2.67. The third-order valence-electron chi connectivity index (χ3n) is 3.46. The van der Waals surface area contributed by atoms with Crippen molar-refractivity contribution in [3.8, 4) is 0 Å². The highest BCUT2D eigenvalue weighted by molar-refractivity contribution is 7.94. The zero-order valence-electron chi connectivity index (χ0n) is 10.4. The number of hydrogen-bond acceptors (Lipinski definition) is 4. The molecular weight excluding hydrogens is 252 g/mol. The van der Waals surface area contributed by atoms with Crippen LogP contribution in [0.2, 0.25) is 0 Å². The van der Waals surface area contributed by atoms with E-state index in [2.05, 4.69) is 10.6 Å². The van der Waals surface area contributed by atoms with E-state index in [0.29, 0.717) is 12.3 Å². The third kappa shape index (κ3) is 4.10. The minimum absolute atomic E-state index is 0.00369. The Balaban J connectivity index is 1.68. The lowest BCUT2D eigenvalue weighted by molar-refractivity contribution is -0.121. The molecule has 6 heteroatoms. The molecule has 0 aromatic rings. The second kappa shape index (κ2) is 5.84. The first-order chi connectivity index (χ1) is 8.55. The van der Waals surface area contributed by atoms with Crippen LogP contribution in [0.1, 0.15) is 25.7 Å². The molecule has 2 rings (SSSR count). The maximum Gasteiger partial charge on any atom is 0.220 e. The Morgan fingerprint density at radius 3 is 2.89 bits per heavy atom. The zero-order valence-corrected chi connectivity index (χ0v) is 11.2. The molecule has 0 aliphatic carbocycles. The maximum absolute atomic E-state index is 11.7. The second-order valence-electron chi connectivity index (χ2n) is 5.08. The number of nitrogens with one attached hydrogen (secondary N) is 2. The Bertz CT molecular complexity index is 425. The van der Waals surface area contributed by atoms with Gasteiger partial charge in [-0.3, -0.25) is 4.79 Å². The molecule has 1 saturated heterocycles. The van der Waals surface area contributed by atoms with E-state index in [-0.39, 0.29) is 17.7 Å². The molecule has 2 N–H and O–H groups in total. The molecule has 102 valence electrons. The first-order valence-electron chi connectivity index (χ1n) is 6.46. The van der Waals surface area contributed by atoms with Gasteiger partial charge in [-0.1, -0.05) is 0 Å². The van der Waals surface area contributed by atoms with Crippen LogP contribution in [0.25, 0.3) is 0 Å². The Morgan fingerprint density at radius 1 is 1.44 bits per heavy atom. The molecule has 2 aliphatic rings. The van der Waals surface area contributed by atoms with Crippen molar-refractivity contribution in [1.82, 2.24) is 10.6 Å². The van der Waals surface area contributed by atoms with Crippen molar-refractivity contribution in [2.45, 2.75) is 31.7 Å². The van der Waals surface area contributed by atoms with Crippen molar-refractivity contribution in [2.75, 3.05) is 18.8 Å². The first kappa shape index (κ1) is 13.5. The summed E-state index contributed by atoms with van der Waals surface area (Å²) in [5.74, 6) is 0.531. The predicted octanol–water partition coefficient (Wildman–Crippen LogP) is 0.193. The number of amides is 1. The van der Waals surface area contributed by atoms with E-state index < -0.39 is 9.84 Å². The van der Waals surface area contributed by atoms with Gasteiger partial charge in [0.2, 0.25) is 5.91 Å². The second-order valence-corrected chi connectivity index (χ2v) is 7.01. The smallest absolute Gasteiger partial charge is 0.220 e. The van der Waals surface area contributed by atoms with Gasteiger partial charge in [0.05, 0.1) is 11.8 Å². The number of piperidine rings is 1. The van der Waals surface area contributed by atoms with E-state index in [4.69, 9.17) is 0 Å². The van der Waals surface area contributed by atoms with Gasteiger partial charge >= 0.3 is 0 Å². The van der Waals surface area contributed by atoms with Crippen LogP contribution >= 0.6 is 0 Å². The van der Waals surface area contributed by atoms with Gasteiger partial charge in [-0.15, -0.1) is 0 Å². The summed E-state index contributed by atoms with van der Waals surface area (Å²) in [6, 6.07) is -0.341. The van der Waals surface area contributed by atoms with Gasteiger partial charge < -0.3 is 10.6 Å². The molecular formula is C12H20N2O3S. The summed E-state index contributed by atoms with van der Waals surface area (Å²) in [6.45, 7) is 2.07. The molecule has 1 amide bonds. The van der Waals surface area contributed by atoms with Gasteiger partial charge in [0.1, 0.15) is 0 Å². The van der Waals surface area contributed by atoms with Crippen LogP contribution in [0.5, 0.6) is 0 Å². The van der Waals surface area contributed by atoms with Crippen LogP contribution in [-0.4, -0.2) is 39.2 Å². The minimum atomic E-state index is -3.08. The van der Waals surface area contributed by atoms with E-state index in [1.807, 2.05) is 0 Å². The van der Waals surface area contributed by atoms with Crippen LogP contribution in [0.3, 0.4) is 0 Å². The molecule has 2 heterocycles. The Hall–Kier alpha value is -0.880. The monoisotopic (exact) mass is 272 g/mol. The number of carbonyl (C=O) groups excluding carboxylic acids is 1. The third-order valence-corrected chi connectivity index (χ3v) is 4.85. The molecule has 2 aliphatic heterocycles. The van der Waals surface area contributed by atoms with E-state index in [0.717, 1.165) is 19.5 Å².